The summed E-state index contributed by atoms with van der Waals surface area (Å²) < 4.78 is 10.2. The lowest BCUT2D eigenvalue weighted by Gasteiger charge is -2.25. The maximum absolute atomic E-state index is 12.4. The second-order valence-corrected chi connectivity index (χ2v) is 9.05. The Balaban J connectivity index is 2.24. The molecule has 2 aromatic rings. The number of hydrogen-bond acceptors (Lipinski definition) is 6. The molecule has 7 heteroatoms. The van der Waals surface area contributed by atoms with Crippen LogP contribution in [-0.2, 0) is 9.47 Å². The van der Waals surface area contributed by atoms with Crippen LogP contribution in [-0.4, -0.2) is 38.1 Å². The van der Waals surface area contributed by atoms with Crippen LogP contribution in [0.4, 0.5) is 10.5 Å². The van der Waals surface area contributed by atoms with Crippen molar-refractivity contribution in [3.8, 4) is 0 Å². The number of carbonyl (C=O) groups is 2. The van der Waals surface area contributed by atoms with Gasteiger partial charge in [0.2, 0.25) is 0 Å². The second kappa shape index (κ2) is 9.39. The number of rotatable bonds is 5. The number of nitrogens with zero attached hydrogens (tertiary/aromatic N) is 1. The Bertz CT molecular complexity index is 844. The van der Waals surface area contributed by atoms with Gasteiger partial charge in [-0.2, -0.15) is 0 Å². The van der Waals surface area contributed by atoms with Gasteiger partial charge in [0.15, 0.2) is 0 Å². The van der Waals surface area contributed by atoms with Gasteiger partial charge in [0, 0.05) is 27.4 Å². The predicted octanol–water partition coefficient (Wildman–Crippen LogP) is 5.72. The van der Waals surface area contributed by atoms with Crippen LogP contribution >= 0.6 is 23.5 Å². The van der Waals surface area contributed by atoms with Crippen molar-refractivity contribution >= 4 is 41.3 Å². The van der Waals surface area contributed by atoms with Crippen molar-refractivity contribution in [2.45, 2.75) is 41.1 Å². The van der Waals surface area contributed by atoms with Crippen molar-refractivity contribution in [3.63, 3.8) is 0 Å². The fourth-order valence-corrected chi connectivity index (χ4v) is 3.74. The zero-order chi connectivity index (χ0) is 20.9. The summed E-state index contributed by atoms with van der Waals surface area (Å²) in [6.45, 7) is 5.53. The predicted molar refractivity (Wildman–Crippen MR) is 115 cm³/mol. The first kappa shape index (κ1) is 22.2. The Morgan fingerprint density at radius 2 is 1.57 bits per heavy atom. The molecular weight excluding hydrogens is 394 g/mol. The van der Waals surface area contributed by atoms with Crippen LogP contribution in [0.25, 0.3) is 0 Å². The smallest absolute Gasteiger partial charge is 0.414 e. The highest BCUT2D eigenvalue weighted by molar-refractivity contribution is 7.99. The zero-order valence-corrected chi connectivity index (χ0v) is 18.6. The van der Waals surface area contributed by atoms with Gasteiger partial charge in [-0.25, -0.2) is 9.59 Å². The first-order valence-corrected chi connectivity index (χ1v) is 10.7. The molecular formula is C21H25NO4S2. The van der Waals surface area contributed by atoms with Gasteiger partial charge in [-0.1, -0.05) is 11.8 Å². The maximum atomic E-state index is 12.4. The van der Waals surface area contributed by atoms with Crippen molar-refractivity contribution in [2.75, 3.05) is 25.3 Å². The van der Waals surface area contributed by atoms with Gasteiger partial charge in [-0.05, 0) is 69.5 Å². The summed E-state index contributed by atoms with van der Waals surface area (Å²) in [6.07, 6.45) is 1.59. The Kier molecular flexibility index (Phi) is 7.43. The molecule has 0 N–H and O–H groups in total. The van der Waals surface area contributed by atoms with Crippen LogP contribution < -0.4 is 4.90 Å². The number of carbonyl (C=O) groups excluding carboxylic acids is 2. The van der Waals surface area contributed by atoms with Crippen LogP contribution in [0.3, 0.4) is 0 Å². The number of thioether (sulfide) groups is 1. The van der Waals surface area contributed by atoms with E-state index in [2.05, 4.69) is 6.07 Å². The van der Waals surface area contributed by atoms with Crippen LogP contribution in [0.5, 0.6) is 0 Å². The third-order valence-corrected chi connectivity index (χ3v) is 5.35. The quantitative estimate of drug-likeness (QED) is 0.456. The summed E-state index contributed by atoms with van der Waals surface area (Å²) in [6, 6.07) is 13.2. The molecule has 0 radical (unpaired) electrons. The third-order valence-electron chi connectivity index (χ3n) is 3.67. The minimum absolute atomic E-state index is 0.359. The molecule has 1 amide bonds. The monoisotopic (exact) mass is 419 g/mol. The molecule has 150 valence electrons. The van der Waals surface area contributed by atoms with E-state index in [0.717, 1.165) is 20.4 Å². The molecule has 0 aliphatic carbocycles. The van der Waals surface area contributed by atoms with Crippen LogP contribution in [0.15, 0.2) is 57.2 Å². The number of esters is 1. The van der Waals surface area contributed by atoms with Gasteiger partial charge in [-0.15, -0.1) is 11.8 Å². The molecule has 0 fully saturated rings. The van der Waals surface area contributed by atoms with Crippen molar-refractivity contribution in [1.29, 1.82) is 0 Å². The van der Waals surface area contributed by atoms with Crippen LogP contribution in [0.2, 0.25) is 0 Å². The fraction of sp³-hybridized carbons (Fsp3) is 0.333. The second-order valence-electron chi connectivity index (χ2n) is 7.02. The SMILES string of the molecule is COC(=O)c1ccc(Sc2cc(SC)cc(N(C)C(=O)OC(C)(C)C)c2)cc1. The lowest BCUT2D eigenvalue weighted by molar-refractivity contribution is 0.0583. The van der Waals surface area contributed by atoms with Gasteiger partial charge in [-0.3, -0.25) is 4.90 Å². The van der Waals surface area contributed by atoms with Gasteiger partial charge >= 0.3 is 12.1 Å². The van der Waals surface area contributed by atoms with Gasteiger partial charge in [0.05, 0.1) is 12.7 Å². The molecule has 0 aliphatic rings. The summed E-state index contributed by atoms with van der Waals surface area (Å²) in [7, 11) is 3.06. The zero-order valence-electron chi connectivity index (χ0n) is 16.9. The topological polar surface area (TPSA) is 55.8 Å². The summed E-state index contributed by atoms with van der Waals surface area (Å²) >= 11 is 3.16. The van der Waals surface area contributed by atoms with Crippen LogP contribution in [0, 0.1) is 0 Å². The number of hydrogen-bond donors (Lipinski definition) is 0. The van der Waals surface area contributed by atoms with E-state index in [1.54, 1.807) is 42.7 Å². The van der Waals surface area contributed by atoms with Gasteiger partial charge in [0.25, 0.3) is 0 Å². The standard InChI is InChI=1S/C21H25NO4S2/c1-21(2,3)26-20(24)22(4)15-11-17(27-6)13-18(12-15)28-16-9-7-14(8-10-16)19(23)25-5/h7-13H,1-6H3. The number of benzene rings is 2. The van der Waals surface area contributed by atoms with E-state index in [4.69, 9.17) is 9.47 Å². The molecule has 0 saturated carbocycles. The first-order valence-electron chi connectivity index (χ1n) is 8.65. The highest BCUT2D eigenvalue weighted by Crippen LogP contribution is 2.34. The maximum Gasteiger partial charge on any atom is 0.414 e. The van der Waals surface area contributed by atoms with Crippen molar-refractivity contribution < 1.29 is 19.1 Å². The summed E-state index contributed by atoms with van der Waals surface area (Å²) in [5.41, 5.74) is 0.714. The Morgan fingerprint density at radius 1 is 0.964 bits per heavy atom. The minimum Gasteiger partial charge on any atom is -0.465 e. The van der Waals surface area contributed by atoms with E-state index >= 15 is 0 Å². The molecule has 0 aliphatic heterocycles. The number of ether oxygens (including phenoxy) is 2. The van der Waals surface area contributed by atoms with Crippen molar-refractivity contribution in [1.82, 2.24) is 0 Å². The summed E-state index contributed by atoms with van der Waals surface area (Å²) in [5.74, 6) is -0.359. The Morgan fingerprint density at radius 3 is 2.11 bits per heavy atom. The summed E-state index contributed by atoms with van der Waals surface area (Å²) in [4.78, 5) is 28.5. The largest absolute Gasteiger partial charge is 0.465 e. The molecule has 0 heterocycles. The average molecular weight is 420 g/mol. The lowest BCUT2D eigenvalue weighted by Crippen LogP contribution is -2.34. The summed E-state index contributed by atoms with van der Waals surface area (Å²) in [5, 5.41) is 0. The fourth-order valence-electron chi connectivity index (χ4n) is 2.28. The molecule has 2 aromatic carbocycles. The normalized spacial score (nSPS) is 11.1. The Labute approximate surface area is 174 Å². The van der Waals surface area contributed by atoms with E-state index in [9.17, 15) is 9.59 Å². The van der Waals surface area contributed by atoms with E-state index in [0.29, 0.717) is 5.56 Å². The number of methoxy groups -OCH3 is 1. The molecule has 0 aromatic heterocycles. The molecule has 5 nitrogen and oxygen atoms in total. The van der Waals surface area contributed by atoms with E-state index in [1.807, 2.05) is 51.3 Å². The molecule has 2 rings (SSSR count). The highest BCUT2D eigenvalue weighted by Gasteiger charge is 2.21. The molecule has 0 bridgehead atoms. The van der Waals surface area contributed by atoms with Crippen molar-refractivity contribution in [2.24, 2.45) is 0 Å². The lowest BCUT2D eigenvalue weighted by atomic mass is 10.2. The van der Waals surface area contributed by atoms with Gasteiger partial charge in [0.1, 0.15) is 5.60 Å². The minimum atomic E-state index is -0.554. The highest BCUT2D eigenvalue weighted by atomic mass is 32.2. The van der Waals surface area contributed by atoms with Crippen LogP contribution in [0.1, 0.15) is 31.1 Å². The molecule has 0 atom stereocenters. The number of amides is 1. The molecule has 28 heavy (non-hydrogen) atoms. The Hall–Kier alpha value is -2.12. The third kappa shape index (κ3) is 6.21. The molecule has 0 saturated heterocycles. The van der Waals surface area contributed by atoms with Gasteiger partial charge < -0.3 is 9.47 Å². The van der Waals surface area contributed by atoms with E-state index in [-0.39, 0.29) is 5.97 Å². The number of anilines is 1. The molecule has 0 unspecified atom stereocenters. The average Bonchev–Trinajstić information content (AvgIpc) is 2.65. The van der Waals surface area contributed by atoms with E-state index in [1.165, 1.54) is 12.0 Å². The van der Waals surface area contributed by atoms with E-state index < -0.39 is 11.7 Å². The first-order chi connectivity index (χ1) is 13.1. The van der Waals surface area contributed by atoms with Crippen molar-refractivity contribution in [3.05, 3.63) is 48.0 Å². The molecule has 0 spiro atoms.